The first-order chi connectivity index (χ1) is 11.7. The molecular formula is C18H28N2O4S. The molecule has 6 nitrogen and oxygen atoms in total. The summed E-state index contributed by atoms with van der Waals surface area (Å²) in [7, 11) is -3.46. The fourth-order valence-corrected chi connectivity index (χ4v) is 4.11. The van der Waals surface area contributed by atoms with Crippen LogP contribution in [0.4, 0.5) is 5.69 Å². The van der Waals surface area contributed by atoms with Gasteiger partial charge >= 0.3 is 0 Å². The van der Waals surface area contributed by atoms with Gasteiger partial charge in [0.15, 0.2) is 0 Å². The minimum Gasteiger partial charge on any atom is -0.368 e. The van der Waals surface area contributed by atoms with Crippen molar-refractivity contribution in [1.29, 1.82) is 0 Å². The van der Waals surface area contributed by atoms with Crippen molar-refractivity contribution in [3.63, 3.8) is 0 Å². The molecule has 1 aromatic carbocycles. The third kappa shape index (κ3) is 4.95. The smallest absolute Gasteiger partial charge is 0.249 e. The monoisotopic (exact) mass is 368 g/mol. The lowest BCUT2D eigenvalue weighted by atomic mass is 9.98. The van der Waals surface area contributed by atoms with Gasteiger partial charge in [-0.15, -0.1) is 0 Å². The van der Waals surface area contributed by atoms with Crippen molar-refractivity contribution >= 4 is 21.6 Å². The van der Waals surface area contributed by atoms with Gasteiger partial charge in [0, 0.05) is 13.2 Å². The number of nitrogens with zero attached hydrogens (tertiary/aromatic N) is 1. The molecule has 1 N–H and O–H groups in total. The normalized spacial score (nSPS) is 17.7. The van der Waals surface area contributed by atoms with Crippen LogP contribution >= 0.6 is 0 Å². The van der Waals surface area contributed by atoms with Gasteiger partial charge in [-0.25, -0.2) is 8.42 Å². The second-order valence-electron chi connectivity index (χ2n) is 6.80. The number of rotatable bonds is 7. The Labute approximate surface area is 150 Å². The second-order valence-corrected chi connectivity index (χ2v) is 8.70. The lowest BCUT2D eigenvalue weighted by molar-refractivity contribution is -0.129. The highest BCUT2D eigenvalue weighted by Gasteiger charge is 2.25. The van der Waals surface area contributed by atoms with Crippen molar-refractivity contribution in [2.45, 2.75) is 45.6 Å². The van der Waals surface area contributed by atoms with Gasteiger partial charge in [-0.2, -0.15) is 0 Å². The number of sulfonamides is 1. The average molecular weight is 368 g/mol. The van der Waals surface area contributed by atoms with E-state index in [0.29, 0.717) is 12.3 Å². The van der Waals surface area contributed by atoms with Crippen molar-refractivity contribution in [3.8, 4) is 0 Å². The molecule has 1 aliphatic heterocycles. The van der Waals surface area contributed by atoms with Gasteiger partial charge in [-0.05, 0) is 36.8 Å². The Morgan fingerprint density at radius 2 is 2.12 bits per heavy atom. The zero-order chi connectivity index (χ0) is 18.6. The first-order valence-corrected chi connectivity index (χ1v) is 10.5. The number of ether oxygens (including phenoxy) is 1. The van der Waals surface area contributed by atoms with Crippen LogP contribution in [0.2, 0.25) is 0 Å². The summed E-state index contributed by atoms with van der Waals surface area (Å²) in [5, 5.41) is 2.80. The summed E-state index contributed by atoms with van der Waals surface area (Å²) < 4.78 is 31.5. The summed E-state index contributed by atoms with van der Waals surface area (Å²) in [5.41, 5.74) is 2.60. The standard InChI is InChI=1S/C18H28N2O4S/c1-13(2)15-8-5-7-14(3)17(15)20(25(4,22)23)11-10-19-18(21)16-9-6-12-24-16/h5,7-8,13,16H,6,9-12H2,1-4H3,(H,19,21). The molecule has 0 spiro atoms. The van der Waals surface area contributed by atoms with Gasteiger partial charge in [-0.1, -0.05) is 32.0 Å². The number of para-hydroxylation sites is 1. The SMILES string of the molecule is Cc1cccc(C(C)C)c1N(CCNC(=O)C1CCCO1)S(C)(=O)=O. The van der Waals surface area contributed by atoms with E-state index in [2.05, 4.69) is 5.32 Å². The molecule has 0 aromatic heterocycles. The maximum Gasteiger partial charge on any atom is 0.249 e. The molecule has 1 amide bonds. The van der Waals surface area contributed by atoms with Crippen LogP contribution in [0, 0.1) is 6.92 Å². The molecule has 1 aromatic rings. The number of carbonyl (C=O) groups excluding carboxylic acids is 1. The summed E-state index contributed by atoms with van der Waals surface area (Å²) in [6.07, 6.45) is 2.40. The van der Waals surface area contributed by atoms with Crippen LogP contribution in [0.1, 0.15) is 43.7 Å². The lowest BCUT2D eigenvalue weighted by Gasteiger charge is -2.28. The molecule has 1 saturated heterocycles. The highest BCUT2D eigenvalue weighted by Crippen LogP contribution is 2.32. The van der Waals surface area contributed by atoms with Crippen molar-refractivity contribution in [2.24, 2.45) is 0 Å². The van der Waals surface area contributed by atoms with E-state index in [1.54, 1.807) is 0 Å². The van der Waals surface area contributed by atoms with Crippen LogP contribution in [-0.2, 0) is 19.6 Å². The summed E-state index contributed by atoms with van der Waals surface area (Å²) in [5.74, 6) is 0.0282. The maximum atomic E-state index is 12.4. The largest absolute Gasteiger partial charge is 0.368 e. The fraction of sp³-hybridized carbons (Fsp3) is 0.611. The fourth-order valence-electron chi connectivity index (χ4n) is 3.11. The van der Waals surface area contributed by atoms with E-state index in [1.165, 1.54) is 10.6 Å². The Morgan fingerprint density at radius 3 is 2.68 bits per heavy atom. The number of anilines is 1. The second kappa shape index (κ2) is 8.19. The number of aryl methyl sites for hydroxylation is 1. The minimum absolute atomic E-state index is 0.167. The molecule has 1 atom stereocenters. The van der Waals surface area contributed by atoms with Crippen LogP contribution in [0.25, 0.3) is 0 Å². The van der Waals surface area contributed by atoms with E-state index < -0.39 is 16.1 Å². The van der Waals surface area contributed by atoms with Crippen molar-refractivity contribution in [1.82, 2.24) is 5.32 Å². The Hall–Kier alpha value is -1.60. The molecule has 1 fully saturated rings. The van der Waals surface area contributed by atoms with Crippen molar-refractivity contribution in [3.05, 3.63) is 29.3 Å². The lowest BCUT2D eigenvalue weighted by Crippen LogP contribution is -2.42. The quantitative estimate of drug-likeness (QED) is 0.800. The summed E-state index contributed by atoms with van der Waals surface area (Å²) in [6, 6.07) is 5.80. The van der Waals surface area contributed by atoms with E-state index in [1.807, 2.05) is 39.0 Å². The van der Waals surface area contributed by atoms with Gasteiger partial charge in [-0.3, -0.25) is 9.10 Å². The molecule has 0 radical (unpaired) electrons. The molecule has 2 rings (SSSR count). The Kier molecular flexibility index (Phi) is 6.46. The van der Waals surface area contributed by atoms with Gasteiger partial charge in [0.05, 0.1) is 18.5 Å². The van der Waals surface area contributed by atoms with E-state index in [9.17, 15) is 13.2 Å². The molecule has 1 aliphatic rings. The number of carbonyl (C=O) groups is 1. The first kappa shape index (κ1) is 19.7. The van der Waals surface area contributed by atoms with Crippen LogP contribution in [0.15, 0.2) is 18.2 Å². The van der Waals surface area contributed by atoms with Crippen molar-refractivity contribution < 1.29 is 17.9 Å². The van der Waals surface area contributed by atoms with Crippen LogP contribution in [0.3, 0.4) is 0 Å². The maximum absolute atomic E-state index is 12.4. The van der Waals surface area contributed by atoms with E-state index in [0.717, 1.165) is 24.0 Å². The summed E-state index contributed by atoms with van der Waals surface area (Å²) in [4.78, 5) is 12.1. The molecule has 25 heavy (non-hydrogen) atoms. The highest BCUT2D eigenvalue weighted by atomic mass is 32.2. The topological polar surface area (TPSA) is 75.7 Å². The number of nitrogens with one attached hydrogen (secondary N) is 1. The van der Waals surface area contributed by atoms with E-state index >= 15 is 0 Å². The predicted molar refractivity (Wildman–Crippen MR) is 99.4 cm³/mol. The molecule has 0 bridgehead atoms. The van der Waals surface area contributed by atoms with Gasteiger partial charge in [0.25, 0.3) is 0 Å². The molecule has 7 heteroatoms. The summed E-state index contributed by atoms with van der Waals surface area (Å²) in [6.45, 7) is 7.04. The van der Waals surface area contributed by atoms with Gasteiger partial charge in [0.1, 0.15) is 6.10 Å². The molecule has 1 unspecified atom stereocenters. The Morgan fingerprint density at radius 1 is 1.40 bits per heavy atom. The zero-order valence-electron chi connectivity index (χ0n) is 15.4. The minimum atomic E-state index is -3.46. The molecule has 1 heterocycles. The van der Waals surface area contributed by atoms with E-state index in [4.69, 9.17) is 4.74 Å². The first-order valence-electron chi connectivity index (χ1n) is 8.68. The van der Waals surface area contributed by atoms with Crippen molar-refractivity contribution in [2.75, 3.05) is 30.3 Å². The Bertz CT molecular complexity index is 710. The number of benzene rings is 1. The van der Waals surface area contributed by atoms with Gasteiger partial charge in [0.2, 0.25) is 15.9 Å². The molecular weight excluding hydrogens is 340 g/mol. The summed E-state index contributed by atoms with van der Waals surface area (Å²) >= 11 is 0. The number of amides is 1. The highest BCUT2D eigenvalue weighted by molar-refractivity contribution is 7.92. The van der Waals surface area contributed by atoms with Gasteiger partial charge < -0.3 is 10.1 Å². The molecule has 140 valence electrons. The average Bonchev–Trinajstić information content (AvgIpc) is 3.05. The van der Waals surface area contributed by atoms with Crippen LogP contribution in [0.5, 0.6) is 0 Å². The van der Waals surface area contributed by atoms with E-state index in [-0.39, 0.29) is 24.9 Å². The molecule has 0 saturated carbocycles. The number of hydrogen-bond acceptors (Lipinski definition) is 4. The number of hydrogen-bond donors (Lipinski definition) is 1. The van der Waals surface area contributed by atoms with Crippen LogP contribution < -0.4 is 9.62 Å². The zero-order valence-corrected chi connectivity index (χ0v) is 16.2. The molecule has 0 aliphatic carbocycles. The van der Waals surface area contributed by atoms with Crippen LogP contribution in [-0.4, -0.2) is 46.4 Å². The third-order valence-electron chi connectivity index (χ3n) is 4.38. The predicted octanol–water partition coefficient (Wildman–Crippen LogP) is 2.18. The third-order valence-corrected chi connectivity index (χ3v) is 5.54. The Balaban J connectivity index is 2.17.